The molecule has 0 bridgehead atoms. The van der Waals surface area contributed by atoms with Gasteiger partial charge in [0, 0.05) is 11.8 Å². The zero-order valence-corrected chi connectivity index (χ0v) is 12.8. The van der Waals surface area contributed by atoms with E-state index in [4.69, 9.17) is 20.6 Å². The quantitative estimate of drug-likeness (QED) is 0.583. The summed E-state index contributed by atoms with van der Waals surface area (Å²) in [5, 5.41) is 0.777. The molecule has 4 aromatic rings. The zero-order chi connectivity index (χ0) is 16.5. The van der Waals surface area contributed by atoms with Gasteiger partial charge in [0.25, 0.3) is 0 Å². The largest absolute Gasteiger partial charge is 0.457 e. The number of nitrogen functional groups attached to an aromatic ring is 2. The fourth-order valence-corrected chi connectivity index (χ4v) is 2.64. The van der Waals surface area contributed by atoms with Crippen molar-refractivity contribution in [3.63, 3.8) is 0 Å². The summed E-state index contributed by atoms with van der Waals surface area (Å²) < 4.78 is 11.2. The Labute approximate surface area is 138 Å². The Bertz CT molecular complexity index is 992. The number of nitrogens with zero attached hydrogens (tertiary/aromatic N) is 1. The first-order chi connectivity index (χ1) is 11.7. The Morgan fingerprint density at radius 3 is 2.29 bits per heavy atom. The fraction of sp³-hybridized carbons (Fsp3) is 0. The van der Waals surface area contributed by atoms with Crippen LogP contribution in [0.2, 0.25) is 0 Å². The van der Waals surface area contributed by atoms with Crippen LogP contribution in [0.1, 0.15) is 0 Å². The van der Waals surface area contributed by atoms with Crippen LogP contribution in [0.4, 0.5) is 11.6 Å². The molecule has 0 saturated carbocycles. The molecule has 5 nitrogen and oxygen atoms in total. The van der Waals surface area contributed by atoms with E-state index < -0.39 is 0 Å². The van der Waals surface area contributed by atoms with E-state index in [1.54, 1.807) is 12.4 Å². The van der Waals surface area contributed by atoms with Crippen molar-refractivity contribution in [3.05, 3.63) is 67.0 Å². The Morgan fingerprint density at radius 1 is 0.833 bits per heavy atom. The number of benzene rings is 2. The number of hydrogen-bond donors (Lipinski definition) is 2. The molecule has 0 radical (unpaired) electrons. The highest BCUT2D eigenvalue weighted by Gasteiger charge is 2.14. The molecule has 0 fully saturated rings. The molecular formula is C19H15N3O2. The molecule has 0 amide bonds. The molecule has 2 aromatic heterocycles. The summed E-state index contributed by atoms with van der Waals surface area (Å²) in [6.07, 6.45) is 3.36. The van der Waals surface area contributed by atoms with Crippen LogP contribution in [0.5, 0.6) is 11.5 Å². The van der Waals surface area contributed by atoms with Crippen molar-refractivity contribution in [2.75, 3.05) is 11.5 Å². The number of rotatable bonds is 3. The van der Waals surface area contributed by atoms with E-state index in [2.05, 4.69) is 4.98 Å². The molecule has 0 aliphatic carbocycles. The van der Waals surface area contributed by atoms with E-state index in [1.165, 1.54) is 0 Å². The molecule has 0 atom stereocenters. The van der Waals surface area contributed by atoms with Crippen LogP contribution in [-0.4, -0.2) is 4.98 Å². The standard InChI is InChI=1S/C19H15N3O2/c20-18-17-15(10-22-11-16(17)24-19(18)21)12-6-8-14(9-7-12)23-13-4-2-1-3-5-13/h1-11H,20-21H2. The summed E-state index contributed by atoms with van der Waals surface area (Å²) >= 11 is 0. The Hall–Kier alpha value is -3.47. The molecule has 0 saturated heterocycles. The van der Waals surface area contributed by atoms with Crippen LogP contribution in [-0.2, 0) is 0 Å². The second-order valence-corrected chi connectivity index (χ2v) is 5.38. The molecule has 4 rings (SSSR count). The lowest BCUT2D eigenvalue weighted by molar-refractivity contribution is 0.483. The molecule has 4 N–H and O–H groups in total. The van der Waals surface area contributed by atoms with E-state index in [0.717, 1.165) is 28.0 Å². The average molecular weight is 317 g/mol. The summed E-state index contributed by atoms with van der Waals surface area (Å²) in [7, 11) is 0. The van der Waals surface area contributed by atoms with Crippen molar-refractivity contribution in [1.29, 1.82) is 0 Å². The van der Waals surface area contributed by atoms with Crippen molar-refractivity contribution in [1.82, 2.24) is 4.98 Å². The molecule has 2 heterocycles. The Morgan fingerprint density at radius 2 is 1.54 bits per heavy atom. The molecule has 0 unspecified atom stereocenters. The average Bonchev–Trinajstić information content (AvgIpc) is 2.91. The van der Waals surface area contributed by atoms with Gasteiger partial charge < -0.3 is 20.6 Å². The molecule has 24 heavy (non-hydrogen) atoms. The van der Waals surface area contributed by atoms with E-state index >= 15 is 0 Å². The summed E-state index contributed by atoms with van der Waals surface area (Å²) in [5.74, 6) is 1.76. The predicted octanol–water partition coefficient (Wildman–Crippen LogP) is 4.45. The topological polar surface area (TPSA) is 87.3 Å². The number of hydrogen-bond acceptors (Lipinski definition) is 5. The van der Waals surface area contributed by atoms with Crippen LogP contribution in [0, 0.1) is 0 Å². The number of anilines is 2. The molecular weight excluding hydrogens is 302 g/mol. The molecule has 0 aliphatic rings. The SMILES string of the molecule is Nc1oc2cncc(-c3ccc(Oc4ccccc4)cc3)c2c1N. The third-order valence-corrected chi connectivity index (χ3v) is 3.81. The minimum absolute atomic E-state index is 0.211. The van der Waals surface area contributed by atoms with E-state index in [0.29, 0.717) is 11.3 Å². The number of furan rings is 1. The highest BCUT2D eigenvalue weighted by atomic mass is 16.5. The van der Waals surface area contributed by atoms with Gasteiger partial charge in [0.05, 0.1) is 11.6 Å². The summed E-state index contributed by atoms with van der Waals surface area (Å²) in [6, 6.07) is 17.4. The summed E-state index contributed by atoms with van der Waals surface area (Å²) in [4.78, 5) is 4.20. The zero-order valence-electron chi connectivity index (χ0n) is 12.8. The second-order valence-electron chi connectivity index (χ2n) is 5.38. The van der Waals surface area contributed by atoms with Crippen molar-refractivity contribution >= 4 is 22.5 Å². The first kappa shape index (κ1) is 14.1. The first-order valence-electron chi connectivity index (χ1n) is 7.47. The van der Waals surface area contributed by atoms with Crippen LogP contribution >= 0.6 is 0 Å². The van der Waals surface area contributed by atoms with Gasteiger partial charge in [-0.25, -0.2) is 0 Å². The molecule has 0 spiro atoms. The third kappa shape index (κ3) is 2.42. The van der Waals surface area contributed by atoms with Gasteiger partial charge in [0.2, 0.25) is 5.88 Å². The number of aromatic nitrogens is 1. The number of nitrogens with two attached hydrogens (primary N) is 2. The minimum Gasteiger partial charge on any atom is -0.457 e. The Kier molecular flexibility index (Phi) is 3.31. The lowest BCUT2D eigenvalue weighted by Crippen LogP contribution is -1.91. The van der Waals surface area contributed by atoms with Gasteiger partial charge in [-0.2, -0.15) is 0 Å². The van der Waals surface area contributed by atoms with Crippen molar-refractivity contribution in [2.45, 2.75) is 0 Å². The third-order valence-electron chi connectivity index (χ3n) is 3.81. The Balaban J connectivity index is 1.71. The van der Waals surface area contributed by atoms with Gasteiger partial charge in [0.15, 0.2) is 5.58 Å². The molecule has 0 aliphatic heterocycles. The van der Waals surface area contributed by atoms with Gasteiger partial charge in [-0.3, -0.25) is 4.98 Å². The van der Waals surface area contributed by atoms with Crippen LogP contribution in [0.15, 0.2) is 71.4 Å². The van der Waals surface area contributed by atoms with Gasteiger partial charge in [-0.15, -0.1) is 0 Å². The summed E-state index contributed by atoms with van der Waals surface area (Å²) in [6.45, 7) is 0. The van der Waals surface area contributed by atoms with Gasteiger partial charge in [0.1, 0.15) is 17.2 Å². The number of para-hydroxylation sites is 1. The van der Waals surface area contributed by atoms with E-state index in [-0.39, 0.29) is 5.88 Å². The number of pyridine rings is 1. The maximum atomic E-state index is 6.04. The smallest absolute Gasteiger partial charge is 0.214 e. The monoisotopic (exact) mass is 317 g/mol. The molecule has 2 aromatic carbocycles. The maximum absolute atomic E-state index is 6.04. The van der Waals surface area contributed by atoms with Gasteiger partial charge in [-0.05, 0) is 29.8 Å². The van der Waals surface area contributed by atoms with Crippen molar-refractivity contribution in [3.8, 4) is 22.6 Å². The van der Waals surface area contributed by atoms with Crippen molar-refractivity contribution in [2.24, 2.45) is 0 Å². The lowest BCUT2D eigenvalue weighted by atomic mass is 10.0. The normalized spacial score (nSPS) is 10.8. The molecule has 118 valence electrons. The van der Waals surface area contributed by atoms with E-state index in [9.17, 15) is 0 Å². The predicted molar refractivity (Wildman–Crippen MR) is 94.8 cm³/mol. The van der Waals surface area contributed by atoms with Gasteiger partial charge >= 0.3 is 0 Å². The second kappa shape index (κ2) is 5.62. The maximum Gasteiger partial charge on any atom is 0.214 e. The highest BCUT2D eigenvalue weighted by molar-refractivity contribution is 6.04. The van der Waals surface area contributed by atoms with Crippen LogP contribution in [0.25, 0.3) is 22.1 Å². The van der Waals surface area contributed by atoms with Crippen molar-refractivity contribution < 1.29 is 9.15 Å². The first-order valence-corrected chi connectivity index (χ1v) is 7.47. The minimum atomic E-state index is 0.211. The van der Waals surface area contributed by atoms with E-state index in [1.807, 2.05) is 54.6 Å². The van der Waals surface area contributed by atoms with Crippen LogP contribution in [0.3, 0.4) is 0 Å². The summed E-state index contributed by atoms with van der Waals surface area (Å²) in [5.41, 5.74) is 14.7. The van der Waals surface area contributed by atoms with Crippen LogP contribution < -0.4 is 16.2 Å². The lowest BCUT2D eigenvalue weighted by Gasteiger charge is -2.07. The fourth-order valence-electron chi connectivity index (χ4n) is 2.64. The highest BCUT2D eigenvalue weighted by Crippen LogP contribution is 2.37. The van der Waals surface area contributed by atoms with Gasteiger partial charge in [-0.1, -0.05) is 30.3 Å². The number of fused-ring (bicyclic) bond motifs is 1. The molecule has 5 heteroatoms. The number of ether oxygens (including phenoxy) is 1.